The average Bonchev–Trinajstić information content (AvgIpc) is 3.12. The number of likely N-dealkylation sites (tertiary alicyclic amines) is 1. The monoisotopic (exact) mass is 352 g/mol. The first-order chi connectivity index (χ1) is 12.6. The average molecular weight is 352 g/mol. The van der Waals surface area contributed by atoms with Crippen LogP contribution in [-0.2, 0) is 7.05 Å². The molecule has 2 fully saturated rings. The van der Waals surface area contributed by atoms with Crippen molar-refractivity contribution in [2.75, 3.05) is 13.1 Å². The fraction of sp³-hybridized carbons (Fsp3) is 0.450. The van der Waals surface area contributed by atoms with E-state index in [1.165, 1.54) is 0 Å². The fourth-order valence-electron chi connectivity index (χ4n) is 4.23. The molecular weight excluding hydrogens is 328 g/mol. The summed E-state index contributed by atoms with van der Waals surface area (Å²) in [5.41, 5.74) is 1.50. The molecule has 3 heterocycles. The van der Waals surface area contributed by atoms with Crippen molar-refractivity contribution in [3.63, 3.8) is 0 Å². The third-order valence-corrected chi connectivity index (χ3v) is 6.02. The van der Waals surface area contributed by atoms with Crippen molar-refractivity contribution in [1.82, 2.24) is 19.8 Å². The molecule has 1 saturated carbocycles. The number of pyridine rings is 1. The molecule has 1 aliphatic carbocycles. The second-order valence-corrected chi connectivity index (χ2v) is 7.53. The van der Waals surface area contributed by atoms with Crippen LogP contribution in [0.15, 0.2) is 43.0 Å². The Labute approximate surface area is 153 Å². The molecule has 2 amide bonds. The maximum atomic E-state index is 12.6. The van der Waals surface area contributed by atoms with E-state index < -0.39 is 0 Å². The van der Waals surface area contributed by atoms with Gasteiger partial charge in [-0.05, 0) is 49.3 Å². The Hall–Kier alpha value is -2.63. The lowest BCUT2D eigenvalue weighted by atomic mass is 9.59. The molecule has 1 N–H and O–H groups in total. The molecule has 6 heteroatoms. The van der Waals surface area contributed by atoms with Crippen LogP contribution < -0.4 is 5.32 Å². The van der Waals surface area contributed by atoms with Crippen molar-refractivity contribution in [3.8, 4) is 0 Å². The van der Waals surface area contributed by atoms with Gasteiger partial charge in [-0.3, -0.25) is 14.6 Å². The predicted octanol–water partition coefficient (Wildman–Crippen LogP) is 2.23. The first-order valence-corrected chi connectivity index (χ1v) is 9.20. The van der Waals surface area contributed by atoms with Gasteiger partial charge in [-0.25, -0.2) is 0 Å². The molecule has 26 heavy (non-hydrogen) atoms. The van der Waals surface area contributed by atoms with Crippen LogP contribution in [0, 0.1) is 5.41 Å². The van der Waals surface area contributed by atoms with Gasteiger partial charge in [0, 0.05) is 51.0 Å². The van der Waals surface area contributed by atoms with Crippen LogP contribution in [0.25, 0.3) is 0 Å². The molecule has 2 aliphatic rings. The highest BCUT2D eigenvalue weighted by atomic mass is 16.2. The quantitative estimate of drug-likeness (QED) is 0.921. The number of hydrogen-bond acceptors (Lipinski definition) is 3. The zero-order valence-electron chi connectivity index (χ0n) is 15.0. The normalized spacial score (nSPS) is 21.3. The molecular formula is C20H24N4O2. The molecule has 1 saturated heterocycles. The van der Waals surface area contributed by atoms with Gasteiger partial charge in [-0.2, -0.15) is 0 Å². The lowest BCUT2D eigenvalue weighted by molar-refractivity contribution is -0.00232. The van der Waals surface area contributed by atoms with Gasteiger partial charge in [0.1, 0.15) is 0 Å². The van der Waals surface area contributed by atoms with Crippen molar-refractivity contribution in [1.29, 1.82) is 0 Å². The zero-order chi connectivity index (χ0) is 18.1. The summed E-state index contributed by atoms with van der Waals surface area (Å²) in [7, 11) is 1.91. The molecule has 2 aromatic heterocycles. The summed E-state index contributed by atoms with van der Waals surface area (Å²) in [5, 5.41) is 3.22. The van der Waals surface area contributed by atoms with Crippen molar-refractivity contribution in [3.05, 3.63) is 54.1 Å². The van der Waals surface area contributed by atoms with Crippen LogP contribution in [-0.4, -0.2) is 45.4 Å². The Morgan fingerprint density at radius 2 is 2.00 bits per heavy atom. The van der Waals surface area contributed by atoms with E-state index >= 15 is 0 Å². The van der Waals surface area contributed by atoms with Gasteiger partial charge in [-0.15, -0.1) is 0 Å². The summed E-state index contributed by atoms with van der Waals surface area (Å²) < 4.78 is 1.88. The van der Waals surface area contributed by atoms with Crippen LogP contribution in [0.4, 0.5) is 0 Å². The second kappa shape index (κ2) is 6.59. The Kier molecular flexibility index (Phi) is 4.26. The SMILES string of the molecule is Cn1ccc(C(=O)NC2CCC23CCN(C(=O)c2cccnc2)CC3)c1. The molecule has 0 bridgehead atoms. The number of hydrogen-bond donors (Lipinski definition) is 1. The van der Waals surface area contributed by atoms with Gasteiger partial charge in [-0.1, -0.05) is 0 Å². The molecule has 1 aliphatic heterocycles. The highest BCUT2D eigenvalue weighted by Gasteiger charge is 2.49. The molecule has 1 spiro atoms. The van der Waals surface area contributed by atoms with Gasteiger partial charge >= 0.3 is 0 Å². The van der Waals surface area contributed by atoms with E-state index in [1.807, 2.05) is 41.0 Å². The molecule has 0 aromatic carbocycles. The number of nitrogens with one attached hydrogen (secondary N) is 1. The highest BCUT2D eigenvalue weighted by Crippen LogP contribution is 2.49. The van der Waals surface area contributed by atoms with E-state index in [4.69, 9.17) is 0 Å². The van der Waals surface area contributed by atoms with Gasteiger partial charge in [0.05, 0.1) is 11.1 Å². The van der Waals surface area contributed by atoms with Crippen molar-refractivity contribution in [2.24, 2.45) is 12.5 Å². The van der Waals surface area contributed by atoms with E-state index in [0.717, 1.165) is 38.8 Å². The number of amides is 2. The summed E-state index contributed by atoms with van der Waals surface area (Å²) >= 11 is 0. The Morgan fingerprint density at radius 1 is 1.19 bits per heavy atom. The van der Waals surface area contributed by atoms with E-state index in [1.54, 1.807) is 18.5 Å². The third kappa shape index (κ3) is 3.00. The molecule has 1 atom stereocenters. The lowest BCUT2D eigenvalue weighted by Crippen LogP contribution is -2.59. The van der Waals surface area contributed by atoms with Crippen LogP contribution in [0.5, 0.6) is 0 Å². The first-order valence-electron chi connectivity index (χ1n) is 9.20. The Morgan fingerprint density at radius 3 is 2.58 bits per heavy atom. The molecule has 4 rings (SSSR count). The van der Waals surface area contributed by atoms with E-state index in [0.29, 0.717) is 11.1 Å². The van der Waals surface area contributed by atoms with Crippen LogP contribution in [0.1, 0.15) is 46.4 Å². The summed E-state index contributed by atoms with van der Waals surface area (Å²) in [6.07, 6.45) is 11.1. The highest BCUT2D eigenvalue weighted by molar-refractivity contribution is 5.94. The third-order valence-electron chi connectivity index (χ3n) is 6.02. The summed E-state index contributed by atoms with van der Waals surface area (Å²) in [6, 6.07) is 5.66. The Bertz CT molecular complexity index is 806. The maximum absolute atomic E-state index is 12.6. The lowest BCUT2D eigenvalue weighted by Gasteiger charge is -2.54. The second-order valence-electron chi connectivity index (χ2n) is 7.53. The predicted molar refractivity (Wildman–Crippen MR) is 97.7 cm³/mol. The minimum atomic E-state index is 0.00328. The fourth-order valence-corrected chi connectivity index (χ4v) is 4.23. The zero-order valence-corrected chi connectivity index (χ0v) is 15.0. The van der Waals surface area contributed by atoms with Gasteiger partial charge < -0.3 is 14.8 Å². The van der Waals surface area contributed by atoms with E-state index in [2.05, 4.69) is 10.3 Å². The maximum Gasteiger partial charge on any atom is 0.255 e. The van der Waals surface area contributed by atoms with Crippen LogP contribution >= 0.6 is 0 Å². The molecule has 2 aromatic rings. The van der Waals surface area contributed by atoms with Crippen molar-refractivity contribution < 1.29 is 9.59 Å². The van der Waals surface area contributed by atoms with Gasteiger partial charge in [0.2, 0.25) is 0 Å². The number of nitrogens with zero attached hydrogens (tertiary/aromatic N) is 3. The summed E-state index contributed by atoms with van der Waals surface area (Å²) in [5.74, 6) is 0.0562. The molecule has 6 nitrogen and oxygen atoms in total. The molecule has 136 valence electrons. The number of aryl methyl sites for hydroxylation is 1. The van der Waals surface area contributed by atoms with Gasteiger partial charge in [0.15, 0.2) is 0 Å². The smallest absolute Gasteiger partial charge is 0.255 e. The van der Waals surface area contributed by atoms with Crippen molar-refractivity contribution >= 4 is 11.8 Å². The van der Waals surface area contributed by atoms with E-state index in [-0.39, 0.29) is 23.3 Å². The summed E-state index contributed by atoms with van der Waals surface area (Å²) in [4.78, 5) is 31.0. The molecule has 0 radical (unpaired) electrons. The minimum Gasteiger partial charge on any atom is -0.356 e. The van der Waals surface area contributed by atoms with Crippen molar-refractivity contribution in [2.45, 2.75) is 31.7 Å². The first kappa shape index (κ1) is 16.8. The topological polar surface area (TPSA) is 67.2 Å². The van der Waals surface area contributed by atoms with E-state index in [9.17, 15) is 9.59 Å². The number of piperidine rings is 1. The standard InChI is InChI=1S/C20H24N4O2/c1-23-10-5-16(14-23)18(25)22-17-4-6-20(17)7-11-24(12-8-20)19(26)15-3-2-9-21-13-15/h2-3,5,9-10,13-14,17H,4,6-8,11-12H2,1H3,(H,22,25). The summed E-state index contributed by atoms with van der Waals surface area (Å²) in [6.45, 7) is 1.48. The minimum absolute atomic E-state index is 0.00328. The molecule has 1 unspecified atom stereocenters. The largest absolute Gasteiger partial charge is 0.356 e. The number of rotatable bonds is 3. The van der Waals surface area contributed by atoms with Crippen LogP contribution in [0.3, 0.4) is 0 Å². The van der Waals surface area contributed by atoms with Crippen LogP contribution in [0.2, 0.25) is 0 Å². The Balaban J connectivity index is 1.36. The number of aromatic nitrogens is 2. The number of carbonyl (C=O) groups excluding carboxylic acids is 2. The number of carbonyl (C=O) groups is 2. The van der Waals surface area contributed by atoms with Gasteiger partial charge in [0.25, 0.3) is 11.8 Å².